The van der Waals surface area contributed by atoms with E-state index in [9.17, 15) is 0 Å². The zero-order chi connectivity index (χ0) is 13.1. The van der Waals surface area contributed by atoms with Gasteiger partial charge in [-0.25, -0.2) is 0 Å². The molecule has 3 rings (SSSR count). The minimum absolute atomic E-state index is 0.432. The molecule has 0 fully saturated rings. The lowest BCUT2D eigenvalue weighted by atomic mass is 9.94. The van der Waals surface area contributed by atoms with Crippen LogP contribution in [0.25, 0.3) is 0 Å². The molecule has 0 saturated carbocycles. The number of nitrogens with zero attached hydrogens (tertiary/aromatic N) is 1. The molecule has 0 spiro atoms. The molecule has 0 saturated heterocycles. The topological polar surface area (TPSA) is 28.4 Å². The second kappa shape index (κ2) is 5.59. The first-order chi connectivity index (χ1) is 9.33. The lowest BCUT2D eigenvalue weighted by Gasteiger charge is -2.30. The molecule has 1 aromatic carbocycles. The number of benzene rings is 1. The van der Waals surface area contributed by atoms with Crippen LogP contribution in [0.2, 0.25) is 0 Å². The summed E-state index contributed by atoms with van der Waals surface area (Å²) in [5.74, 6) is 0. The molecule has 2 heterocycles. The van der Waals surface area contributed by atoms with Crippen molar-refractivity contribution < 1.29 is 4.42 Å². The highest BCUT2D eigenvalue weighted by Crippen LogP contribution is 2.23. The molecule has 1 unspecified atom stereocenters. The fourth-order valence-electron chi connectivity index (χ4n) is 2.83. The Labute approximate surface area is 114 Å². The average molecular weight is 256 g/mol. The van der Waals surface area contributed by atoms with Gasteiger partial charge in [0, 0.05) is 24.7 Å². The molecule has 100 valence electrons. The molecule has 0 amide bonds. The minimum atomic E-state index is 0.432. The van der Waals surface area contributed by atoms with E-state index < -0.39 is 0 Å². The van der Waals surface area contributed by atoms with E-state index >= 15 is 0 Å². The highest BCUT2D eigenvalue weighted by Gasteiger charge is 2.20. The maximum atomic E-state index is 5.12. The fourth-order valence-corrected chi connectivity index (χ4v) is 2.83. The van der Waals surface area contributed by atoms with E-state index in [4.69, 9.17) is 4.42 Å². The maximum absolute atomic E-state index is 5.12. The van der Waals surface area contributed by atoms with Gasteiger partial charge in [0.2, 0.25) is 0 Å². The van der Waals surface area contributed by atoms with Crippen molar-refractivity contribution in [1.29, 1.82) is 0 Å². The summed E-state index contributed by atoms with van der Waals surface area (Å²) in [6.45, 7) is 3.01. The first-order valence-corrected chi connectivity index (χ1v) is 6.84. The molecule has 1 aliphatic rings. The fraction of sp³-hybridized carbons (Fsp3) is 0.375. The van der Waals surface area contributed by atoms with Crippen LogP contribution < -0.4 is 5.32 Å². The number of fused-ring (bicyclic) bond motifs is 1. The summed E-state index contributed by atoms with van der Waals surface area (Å²) in [4.78, 5) is 2.34. The number of hydrogen-bond donors (Lipinski definition) is 1. The zero-order valence-corrected chi connectivity index (χ0v) is 11.3. The monoisotopic (exact) mass is 256 g/mol. The van der Waals surface area contributed by atoms with Crippen LogP contribution in [-0.4, -0.2) is 25.0 Å². The van der Waals surface area contributed by atoms with Gasteiger partial charge in [0.15, 0.2) is 0 Å². The highest BCUT2D eigenvalue weighted by atomic mass is 16.3. The summed E-state index contributed by atoms with van der Waals surface area (Å²) in [6, 6.07) is 11.2. The molecule has 3 heteroatoms. The summed E-state index contributed by atoms with van der Waals surface area (Å²) < 4.78 is 5.12. The Morgan fingerprint density at radius 2 is 2.21 bits per heavy atom. The Hall–Kier alpha value is -1.58. The minimum Gasteiger partial charge on any atom is -0.472 e. The predicted octanol–water partition coefficient (Wildman–Crippen LogP) is 2.60. The lowest BCUT2D eigenvalue weighted by Crippen LogP contribution is -2.37. The highest BCUT2D eigenvalue weighted by molar-refractivity contribution is 5.32. The molecule has 1 aromatic heterocycles. The third-order valence-corrected chi connectivity index (χ3v) is 3.74. The van der Waals surface area contributed by atoms with Crippen molar-refractivity contribution >= 4 is 0 Å². The third-order valence-electron chi connectivity index (χ3n) is 3.74. The molecule has 1 aliphatic heterocycles. The van der Waals surface area contributed by atoms with Crippen LogP contribution in [0.3, 0.4) is 0 Å². The van der Waals surface area contributed by atoms with Gasteiger partial charge in [-0.15, -0.1) is 0 Å². The van der Waals surface area contributed by atoms with Gasteiger partial charge in [-0.05, 0) is 37.2 Å². The second-order valence-corrected chi connectivity index (χ2v) is 5.28. The normalized spacial score (nSPS) is 18.5. The molecule has 0 radical (unpaired) electrons. The van der Waals surface area contributed by atoms with Gasteiger partial charge in [0.05, 0.1) is 12.5 Å². The SMILES string of the molecule is CN(Cc1ccoc1)CC1NCCc2ccccc21. The number of likely N-dealkylation sites (N-methyl/N-ethyl adjacent to an activating group) is 1. The van der Waals surface area contributed by atoms with E-state index in [1.165, 1.54) is 16.7 Å². The van der Waals surface area contributed by atoms with Crippen molar-refractivity contribution in [2.45, 2.75) is 19.0 Å². The van der Waals surface area contributed by atoms with Gasteiger partial charge in [-0.2, -0.15) is 0 Å². The van der Waals surface area contributed by atoms with E-state index in [1.54, 1.807) is 6.26 Å². The second-order valence-electron chi connectivity index (χ2n) is 5.28. The van der Waals surface area contributed by atoms with Gasteiger partial charge in [0.25, 0.3) is 0 Å². The summed E-state index contributed by atoms with van der Waals surface area (Å²) >= 11 is 0. The van der Waals surface area contributed by atoms with Crippen LogP contribution in [0.15, 0.2) is 47.3 Å². The van der Waals surface area contributed by atoms with Crippen LogP contribution in [0.5, 0.6) is 0 Å². The van der Waals surface area contributed by atoms with E-state index in [-0.39, 0.29) is 0 Å². The van der Waals surface area contributed by atoms with Crippen LogP contribution in [0.4, 0.5) is 0 Å². The standard InChI is InChI=1S/C16H20N2O/c1-18(10-13-7-9-19-12-13)11-16-15-5-3-2-4-14(15)6-8-17-16/h2-5,7,9,12,16-17H,6,8,10-11H2,1H3. The van der Waals surface area contributed by atoms with E-state index in [0.29, 0.717) is 6.04 Å². The van der Waals surface area contributed by atoms with Crippen LogP contribution in [0, 0.1) is 0 Å². The van der Waals surface area contributed by atoms with Crippen LogP contribution in [-0.2, 0) is 13.0 Å². The summed E-state index contributed by atoms with van der Waals surface area (Å²) in [5, 5.41) is 3.62. The number of hydrogen-bond acceptors (Lipinski definition) is 3. The Morgan fingerprint density at radius 3 is 3.05 bits per heavy atom. The lowest BCUT2D eigenvalue weighted by molar-refractivity contribution is 0.278. The molecular weight excluding hydrogens is 236 g/mol. The third kappa shape index (κ3) is 2.88. The quantitative estimate of drug-likeness (QED) is 0.911. The number of nitrogens with one attached hydrogen (secondary N) is 1. The Bertz CT molecular complexity index is 521. The van der Waals surface area contributed by atoms with Gasteiger partial charge in [-0.1, -0.05) is 24.3 Å². The Morgan fingerprint density at radius 1 is 1.32 bits per heavy atom. The van der Waals surface area contributed by atoms with E-state index in [2.05, 4.69) is 41.5 Å². The summed E-state index contributed by atoms with van der Waals surface area (Å²) in [5.41, 5.74) is 4.17. The first-order valence-electron chi connectivity index (χ1n) is 6.84. The van der Waals surface area contributed by atoms with Crippen molar-refractivity contribution in [3.63, 3.8) is 0 Å². The van der Waals surface area contributed by atoms with Crippen LogP contribution >= 0.6 is 0 Å². The summed E-state index contributed by atoms with van der Waals surface area (Å²) in [6.07, 6.45) is 4.69. The first kappa shape index (κ1) is 12.5. The van der Waals surface area contributed by atoms with Gasteiger partial charge >= 0.3 is 0 Å². The van der Waals surface area contributed by atoms with Crippen molar-refractivity contribution in [3.05, 3.63) is 59.5 Å². The molecule has 1 N–H and O–H groups in total. The van der Waals surface area contributed by atoms with E-state index in [1.807, 2.05) is 12.3 Å². The molecule has 2 aromatic rings. The molecule has 0 aliphatic carbocycles. The Kier molecular flexibility index (Phi) is 3.67. The predicted molar refractivity (Wildman–Crippen MR) is 75.9 cm³/mol. The molecule has 0 bridgehead atoms. The van der Waals surface area contributed by atoms with Gasteiger partial charge in [-0.3, -0.25) is 0 Å². The van der Waals surface area contributed by atoms with Crippen molar-refractivity contribution in [2.75, 3.05) is 20.1 Å². The zero-order valence-electron chi connectivity index (χ0n) is 11.3. The average Bonchev–Trinajstić information content (AvgIpc) is 2.92. The molecule has 3 nitrogen and oxygen atoms in total. The number of furan rings is 1. The smallest absolute Gasteiger partial charge is 0.0947 e. The van der Waals surface area contributed by atoms with Gasteiger partial charge in [0.1, 0.15) is 0 Å². The summed E-state index contributed by atoms with van der Waals surface area (Å²) in [7, 11) is 2.16. The number of rotatable bonds is 4. The molecule has 19 heavy (non-hydrogen) atoms. The largest absolute Gasteiger partial charge is 0.472 e. The van der Waals surface area contributed by atoms with E-state index in [0.717, 1.165) is 26.1 Å². The Balaban J connectivity index is 1.67. The van der Waals surface area contributed by atoms with Crippen molar-refractivity contribution in [3.8, 4) is 0 Å². The van der Waals surface area contributed by atoms with Gasteiger partial charge < -0.3 is 14.6 Å². The molecule has 1 atom stereocenters. The van der Waals surface area contributed by atoms with Crippen molar-refractivity contribution in [1.82, 2.24) is 10.2 Å². The van der Waals surface area contributed by atoms with Crippen LogP contribution in [0.1, 0.15) is 22.7 Å². The maximum Gasteiger partial charge on any atom is 0.0947 e. The molecular formula is C16H20N2O. The van der Waals surface area contributed by atoms with Crippen molar-refractivity contribution in [2.24, 2.45) is 0 Å².